The van der Waals surface area contributed by atoms with Crippen LogP contribution in [0.5, 0.6) is 17.4 Å². The highest BCUT2D eigenvalue weighted by atomic mass is 16.5. The third-order valence-corrected chi connectivity index (χ3v) is 5.81. The molecule has 5 nitrogen and oxygen atoms in total. The fourth-order valence-electron chi connectivity index (χ4n) is 4.37. The summed E-state index contributed by atoms with van der Waals surface area (Å²) in [5, 5.41) is 11.2. The predicted octanol–water partition coefficient (Wildman–Crippen LogP) is 5.47. The van der Waals surface area contributed by atoms with E-state index in [1.807, 2.05) is 28.8 Å². The lowest BCUT2D eigenvalue weighted by Gasteiger charge is -2.29. The lowest BCUT2D eigenvalue weighted by atomic mass is 9.83. The minimum Gasteiger partial charge on any atom is -0.497 e. The minimum atomic E-state index is -0.145. The van der Waals surface area contributed by atoms with Crippen LogP contribution in [-0.2, 0) is 6.54 Å². The maximum absolute atomic E-state index is 9.00. The van der Waals surface area contributed by atoms with Gasteiger partial charge in [-0.2, -0.15) is 0 Å². The molecule has 4 aromatic rings. The molecule has 0 saturated heterocycles. The van der Waals surface area contributed by atoms with Gasteiger partial charge in [0.15, 0.2) is 0 Å². The maximum Gasteiger partial charge on any atom is 0.228 e. The molecule has 1 atom stereocenters. The highest BCUT2D eigenvalue weighted by molar-refractivity contribution is 5.91. The molecule has 1 aromatic heterocycles. The molecule has 3 aromatic carbocycles. The lowest BCUT2D eigenvalue weighted by Crippen LogP contribution is -2.31. The molecule has 2 heterocycles. The molecule has 0 aliphatic carbocycles. The van der Waals surface area contributed by atoms with Crippen molar-refractivity contribution in [2.45, 2.75) is 26.3 Å². The Bertz CT molecular complexity index is 1320. The Hall–Kier alpha value is -3.60. The van der Waals surface area contributed by atoms with Gasteiger partial charge in [0.1, 0.15) is 23.3 Å². The number of hydrogen-bond acceptors (Lipinski definition) is 4. The Kier molecular flexibility index (Phi) is 4.74. The SMILES string of the molecule is COc1ccc([C@@H]2c3ccc4ccccc4c3Oc3ncn(CC(C)C)c(=N)c32)cc1. The van der Waals surface area contributed by atoms with Crippen LogP contribution in [0.25, 0.3) is 10.8 Å². The number of hydrogen-bond donors (Lipinski definition) is 1. The van der Waals surface area contributed by atoms with E-state index in [2.05, 4.69) is 55.2 Å². The number of nitrogens with one attached hydrogen (secondary N) is 1. The molecule has 1 N–H and O–H groups in total. The molecular weight excluding hydrogens is 386 g/mol. The molecule has 0 spiro atoms. The zero-order valence-corrected chi connectivity index (χ0v) is 17.9. The zero-order valence-electron chi connectivity index (χ0n) is 17.9. The summed E-state index contributed by atoms with van der Waals surface area (Å²) in [5.74, 6) is 2.40. The van der Waals surface area contributed by atoms with Crippen LogP contribution in [0.2, 0.25) is 0 Å². The summed E-state index contributed by atoms with van der Waals surface area (Å²) >= 11 is 0. The minimum absolute atomic E-state index is 0.145. The standard InChI is InChI=1S/C26H25N3O2/c1-16(2)14-29-15-28-26-23(25(29)27)22(18-8-11-19(30-3)12-9-18)21-13-10-17-6-4-5-7-20(17)24(21)31-26/h4-13,15-16,22,27H,14H2,1-3H3/t22-/m1/s1. The Morgan fingerprint density at radius 1 is 1.06 bits per heavy atom. The van der Waals surface area contributed by atoms with Crippen LogP contribution in [0.4, 0.5) is 0 Å². The highest BCUT2D eigenvalue weighted by Gasteiger charge is 2.33. The van der Waals surface area contributed by atoms with Crippen molar-refractivity contribution in [1.29, 1.82) is 5.41 Å². The molecule has 0 fully saturated rings. The Morgan fingerprint density at radius 2 is 1.84 bits per heavy atom. The first-order valence-electron chi connectivity index (χ1n) is 10.5. The van der Waals surface area contributed by atoms with Crippen molar-refractivity contribution in [2.75, 3.05) is 7.11 Å². The van der Waals surface area contributed by atoms with Crippen molar-refractivity contribution < 1.29 is 9.47 Å². The molecule has 0 saturated carbocycles. The average Bonchev–Trinajstić information content (AvgIpc) is 2.79. The number of ether oxygens (including phenoxy) is 2. The summed E-state index contributed by atoms with van der Waals surface area (Å²) in [4.78, 5) is 4.64. The summed E-state index contributed by atoms with van der Waals surface area (Å²) in [5.41, 5.74) is 3.38. The molecule has 5 rings (SSSR count). The number of benzene rings is 3. The molecular formula is C26H25N3O2. The van der Waals surface area contributed by atoms with Gasteiger partial charge in [-0.15, -0.1) is 0 Å². The summed E-state index contributed by atoms with van der Waals surface area (Å²) < 4.78 is 13.6. The average molecular weight is 412 g/mol. The number of methoxy groups -OCH3 is 1. The van der Waals surface area contributed by atoms with Crippen LogP contribution in [0, 0.1) is 11.3 Å². The quantitative estimate of drug-likeness (QED) is 0.427. The van der Waals surface area contributed by atoms with E-state index in [0.29, 0.717) is 17.3 Å². The van der Waals surface area contributed by atoms with Crippen LogP contribution in [0.15, 0.2) is 67.0 Å². The van der Waals surface area contributed by atoms with Gasteiger partial charge in [0.05, 0.1) is 12.7 Å². The van der Waals surface area contributed by atoms with Crippen molar-refractivity contribution in [1.82, 2.24) is 9.55 Å². The van der Waals surface area contributed by atoms with Crippen molar-refractivity contribution >= 4 is 10.8 Å². The van der Waals surface area contributed by atoms with Gasteiger partial charge in [0.2, 0.25) is 5.88 Å². The van der Waals surface area contributed by atoms with Gasteiger partial charge in [-0.1, -0.05) is 62.4 Å². The number of rotatable bonds is 4. The van der Waals surface area contributed by atoms with E-state index < -0.39 is 0 Å². The maximum atomic E-state index is 9.00. The summed E-state index contributed by atoms with van der Waals surface area (Å²) in [6.45, 7) is 5.02. The fraction of sp³-hybridized carbons (Fsp3) is 0.231. The molecule has 31 heavy (non-hydrogen) atoms. The normalized spacial score (nSPS) is 14.8. The van der Waals surface area contributed by atoms with E-state index >= 15 is 0 Å². The topological polar surface area (TPSA) is 60.1 Å². The molecule has 1 aliphatic rings. The van der Waals surface area contributed by atoms with E-state index in [4.69, 9.17) is 14.9 Å². The van der Waals surface area contributed by atoms with Gasteiger partial charge in [0, 0.05) is 23.4 Å². The number of fused-ring (bicyclic) bond motifs is 4. The van der Waals surface area contributed by atoms with E-state index in [-0.39, 0.29) is 5.92 Å². The van der Waals surface area contributed by atoms with Crippen molar-refractivity contribution in [3.8, 4) is 17.4 Å². The van der Waals surface area contributed by atoms with E-state index in [1.165, 1.54) is 0 Å². The van der Waals surface area contributed by atoms with Gasteiger partial charge < -0.3 is 14.0 Å². The van der Waals surface area contributed by atoms with E-state index in [9.17, 15) is 0 Å². The van der Waals surface area contributed by atoms with Crippen LogP contribution >= 0.6 is 0 Å². The second kappa shape index (κ2) is 7.58. The van der Waals surface area contributed by atoms with Crippen LogP contribution < -0.4 is 15.0 Å². The van der Waals surface area contributed by atoms with E-state index in [1.54, 1.807) is 13.4 Å². The molecule has 1 aliphatic heterocycles. The predicted molar refractivity (Wildman–Crippen MR) is 121 cm³/mol. The molecule has 0 amide bonds. The Labute approximate surface area is 181 Å². The van der Waals surface area contributed by atoms with Crippen LogP contribution in [-0.4, -0.2) is 16.7 Å². The Morgan fingerprint density at radius 3 is 2.58 bits per heavy atom. The molecule has 5 heteroatoms. The fourth-order valence-corrected chi connectivity index (χ4v) is 4.37. The van der Waals surface area contributed by atoms with Gasteiger partial charge in [0.25, 0.3) is 0 Å². The molecule has 0 unspecified atom stereocenters. The monoisotopic (exact) mass is 411 g/mol. The largest absolute Gasteiger partial charge is 0.497 e. The van der Waals surface area contributed by atoms with E-state index in [0.717, 1.165) is 45.5 Å². The van der Waals surface area contributed by atoms with Gasteiger partial charge >= 0.3 is 0 Å². The summed E-state index contributed by atoms with van der Waals surface area (Å²) in [6.07, 6.45) is 1.72. The van der Waals surface area contributed by atoms with Crippen molar-refractivity contribution in [3.63, 3.8) is 0 Å². The summed E-state index contributed by atoms with van der Waals surface area (Å²) in [7, 11) is 1.67. The third-order valence-electron chi connectivity index (χ3n) is 5.81. The second-order valence-electron chi connectivity index (χ2n) is 8.37. The zero-order chi connectivity index (χ0) is 21.5. The van der Waals surface area contributed by atoms with Gasteiger partial charge in [-0.25, -0.2) is 4.98 Å². The first-order chi connectivity index (χ1) is 15.1. The first kappa shape index (κ1) is 19.4. The van der Waals surface area contributed by atoms with Crippen molar-refractivity contribution in [3.05, 3.63) is 89.2 Å². The Balaban J connectivity index is 1.78. The first-order valence-corrected chi connectivity index (χ1v) is 10.5. The second-order valence-corrected chi connectivity index (χ2v) is 8.37. The molecule has 0 radical (unpaired) electrons. The smallest absolute Gasteiger partial charge is 0.228 e. The molecule has 0 bridgehead atoms. The number of aromatic nitrogens is 2. The highest BCUT2D eigenvalue weighted by Crippen LogP contribution is 2.47. The van der Waals surface area contributed by atoms with Crippen molar-refractivity contribution in [2.24, 2.45) is 5.92 Å². The van der Waals surface area contributed by atoms with Crippen LogP contribution in [0.1, 0.15) is 36.5 Å². The van der Waals surface area contributed by atoms with Gasteiger partial charge in [-0.05, 0) is 29.0 Å². The number of nitrogens with zero attached hydrogens (tertiary/aromatic N) is 2. The van der Waals surface area contributed by atoms with Crippen LogP contribution in [0.3, 0.4) is 0 Å². The van der Waals surface area contributed by atoms with Gasteiger partial charge in [-0.3, -0.25) is 5.41 Å². The third kappa shape index (κ3) is 3.26. The summed E-state index contributed by atoms with van der Waals surface area (Å²) in [6, 6.07) is 20.5. The lowest BCUT2D eigenvalue weighted by molar-refractivity contribution is 0.413. The molecule has 156 valence electrons.